The first-order chi connectivity index (χ1) is 10.4. The highest BCUT2D eigenvalue weighted by Gasteiger charge is 1.95. The molecular formula is C10H22N10S2. The summed E-state index contributed by atoms with van der Waals surface area (Å²) in [4.78, 5) is 4.14. The molecule has 12 heteroatoms. The number of aromatic nitrogens is 8. The van der Waals surface area contributed by atoms with Gasteiger partial charge < -0.3 is 9.80 Å². The van der Waals surface area contributed by atoms with Gasteiger partial charge in [0.05, 0.1) is 13.1 Å². The molecule has 0 unspecified atom stereocenters. The lowest BCUT2D eigenvalue weighted by Gasteiger charge is -2.07. The molecule has 0 atom stereocenters. The molecule has 10 nitrogen and oxygen atoms in total. The highest BCUT2D eigenvalue weighted by atomic mass is 32.1. The monoisotopic (exact) mass is 346 g/mol. The molecular weight excluding hydrogens is 324 g/mol. The number of nitrogens with zero attached hydrogens (tertiary/aromatic N) is 8. The normalized spacial score (nSPS) is 10.8. The van der Waals surface area contributed by atoms with Crippen molar-refractivity contribution in [2.45, 2.75) is 13.1 Å². The van der Waals surface area contributed by atoms with Crippen LogP contribution in [0.2, 0.25) is 0 Å². The zero-order chi connectivity index (χ0) is 16.5. The van der Waals surface area contributed by atoms with E-state index >= 15 is 0 Å². The maximum absolute atomic E-state index is 4.88. The van der Waals surface area contributed by atoms with E-state index < -0.39 is 0 Å². The summed E-state index contributed by atoms with van der Waals surface area (Å²) >= 11 is 9.75. The van der Waals surface area contributed by atoms with E-state index in [1.165, 1.54) is 0 Å². The summed E-state index contributed by atoms with van der Waals surface area (Å²) in [5.74, 6) is 0. The molecule has 124 valence electrons. The number of nitrogens with one attached hydrogen (secondary N) is 2. The molecule has 2 rings (SSSR count). The lowest BCUT2D eigenvalue weighted by molar-refractivity contribution is 0.369. The average molecular weight is 346 g/mol. The largest absolute Gasteiger partial charge is 0.308 e. The second-order valence-corrected chi connectivity index (χ2v) is 5.81. The molecule has 0 radical (unpaired) electrons. The zero-order valence-electron chi connectivity index (χ0n) is 13.2. The van der Waals surface area contributed by atoms with Gasteiger partial charge in [0.15, 0.2) is 0 Å². The van der Waals surface area contributed by atoms with Gasteiger partial charge in [-0.05, 0) is 52.6 Å². The van der Waals surface area contributed by atoms with Gasteiger partial charge in [-0.15, -0.1) is 0 Å². The van der Waals surface area contributed by atoms with Crippen LogP contribution in [0.15, 0.2) is 0 Å². The molecule has 2 N–H and O–H groups in total. The molecule has 0 spiro atoms. The molecule has 0 aliphatic carbocycles. The first-order valence-corrected chi connectivity index (χ1v) is 7.47. The number of H-pyrrole nitrogens is 2. The first kappa shape index (κ1) is 18.5. The Balaban J connectivity index is 0.000000220. The van der Waals surface area contributed by atoms with Crippen molar-refractivity contribution >= 4 is 24.4 Å². The van der Waals surface area contributed by atoms with Gasteiger partial charge in [-0.2, -0.15) is 10.4 Å². The SMILES string of the molecule is CN(C)CCn1[nH]nnc1=S.CN(C)CCn1[nH]nnc1=S. The van der Waals surface area contributed by atoms with Gasteiger partial charge >= 0.3 is 0 Å². The maximum atomic E-state index is 4.88. The summed E-state index contributed by atoms with van der Waals surface area (Å²) in [6.07, 6.45) is 0. The lowest BCUT2D eigenvalue weighted by Crippen LogP contribution is -2.19. The fraction of sp³-hybridized carbons (Fsp3) is 0.800. The summed E-state index contributed by atoms with van der Waals surface area (Å²) < 4.78 is 4.48. The molecule has 0 fully saturated rings. The minimum Gasteiger partial charge on any atom is -0.308 e. The van der Waals surface area contributed by atoms with Crippen molar-refractivity contribution in [3.8, 4) is 0 Å². The molecule has 0 saturated heterocycles. The zero-order valence-corrected chi connectivity index (χ0v) is 14.9. The number of hydrogen-bond acceptors (Lipinski definition) is 8. The molecule has 22 heavy (non-hydrogen) atoms. The third kappa shape index (κ3) is 6.98. The van der Waals surface area contributed by atoms with Crippen LogP contribution in [0.25, 0.3) is 0 Å². The Hall–Kier alpha value is -1.50. The minimum atomic E-state index is 0.506. The third-order valence-corrected chi connectivity index (χ3v) is 3.21. The molecule has 0 aromatic carbocycles. The summed E-state index contributed by atoms with van der Waals surface area (Å²) in [5, 5.41) is 19.8. The van der Waals surface area contributed by atoms with Crippen molar-refractivity contribution < 1.29 is 0 Å². The number of likely N-dealkylation sites (N-methyl/N-ethyl adjacent to an activating group) is 2. The summed E-state index contributed by atoms with van der Waals surface area (Å²) in [5.41, 5.74) is 0. The van der Waals surface area contributed by atoms with Crippen LogP contribution < -0.4 is 0 Å². The standard InChI is InChI=1S/2C5H11N5S/c2*1-9(2)3-4-10-5(11)6-7-8-10/h2*3-4H2,1-2H3,(H,6,8,11). The van der Waals surface area contributed by atoms with Gasteiger partial charge in [-0.25, -0.2) is 9.36 Å². The topological polar surface area (TPSA) is 99.5 Å². The fourth-order valence-electron chi connectivity index (χ4n) is 1.32. The Kier molecular flexibility index (Phi) is 8.01. The van der Waals surface area contributed by atoms with E-state index in [0.717, 1.165) is 26.2 Å². The van der Waals surface area contributed by atoms with Crippen molar-refractivity contribution in [2.75, 3.05) is 41.3 Å². The molecule has 0 bridgehead atoms. The smallest absolute Gasteiger partial charge is 0.238 e. The fourth-order valence-corrected chi connectivity index (χ4v) is 1.67. The average Bonchev–Trinajstić information content (AvgIpc) is 3.03. The molecule has 2 aromatic rings. The van der Waals surface area contributed by atoms with Crippen LogP contribution in [0.1, 0.15) is 0 Å². The second kappa shape index (κ2) is 9.50. The summed E-state index contributed by atoms with van der Waals surface area (Å²) in [7, 11) is 8.03. The number of hydrogen-bond donors (Lipinski definition) is 2. The van der Waals surface area contributed by atoms with Crippen molar-refractivity contribution in [1.29, 1.82) is 0 Å². The van der Waals surface area contributed by atoms with Crippen LogP contribution in [-0.4, -0.2) is 91.5 Å². The molecule has 0 aliphatic rings. The minimum absolute atomic E-state index is 0.506. The maximum Gasteiger partial charge on any atom is 0.238 e. The Morgan fingerprint density at radius 3 is 1.41 bits per heavy atom. The van der Waals surface area contributed by atoms with Gasteiger partial charge in [0.2, 0.25) is 9.54 Å². The van der Waals surface area contributed by atoms with E-state index in [2.05, 4.69) is 40.9 Å². The predicted molar refractivity (Wildman–Crippen MR) is 87.5 cm³/mol. The van der Waals surface area contributed by atoms with Crippen LogP contribution in [0, 0.1) is 9.54 Å². The van der Waals surface area contributed by atoms with Gasteiger partial charge in [-0.1, -0.05) is 20.6 Å². The quantitative estimate of drug-likeness (QED) is 0.694. The van der Waals surface area contributed by atoms with Crippen molar-refractivity contribution in [1.82, 2.24) is 50.2 Å². The summed E-state index contributed by atoms with van der Waals surface area (Å²) in [6, 6.07) is 0. The van der Waals surface area contributed by atoms with Gasteiger partial charge in [0, 0.05) is 13.1 Å². The molecule has 0 aliphatic heterocycles. The van der Waals surface area contributed by atoms with Gasteiger partial charge in [-0.3, -0.25) is 0 Å². The first-order valence-electron chi connectivity index (χ1n) is 6.65. The highest BCUT2D eigenvalue weighted by molar-refractivity contribution is 7.71. The Morgan fingerprint density at radius 1 is 0.818 bits per heavy atom. The number of rotatable bonds is 6. The Bertz CT molecular complexity index is 580. The predicted octanol–water partition coefficient (Wildman–Crippen LogP) is -0.205. The van der Waals surface area contributed by atoms with Crippen LogP contribution >= 0.6 is 24.4 Å². The molecule has 2 aromatic heterocycles. The van der Waals surface area contributed by atoms with E-state index in [9.17, 15) is 0 Å². The van der Waals surface area contributed by atoms with Gasteiger partial charge in [0.1, 0.15) is 0 Å². The van der Waals surface area contributed by atoms with E-state index in [4.69, 9.17) is 24.4 Å². The van der Waals surface area contributed by atoms with Crippen LogP contribution in [0.5, 0.6) is 0 Å². The molecule has 2 heterocycles. The van der Waals surface area contributed by atoms with Crippen molar-refractivity contribution in [3.05, 3.63) is 9.54 Å². The second-order valence-electron chi connectivity index (χ2n) is 5.07. The molecule has 0 saturated carbocycles. The highest BCUT2D eigenvalue weighted by Crippen LogP contribution is 1.85. The number of tetrazole rings is 2. The van der Waals surface area contributed by atoms with E-state index in [1.54, 1.807) is 9.36 Å². The Labute approximate surface area is 139 Å². The van der Waals surface area contributed by atoms with Crippen LogP contribution in [0.3, 0.4) is 0 Å². The van der Waals surface area contributed by atoms with Crippen LogP contribution in [0.4, 0.5) is 0 Å². The summed E-state index contributed by atoms with van der Waals surface area (Å²) in [6.45, 7) is 3.47. The van der Waals surface area contributed by atoms with E-state index in [1.807, 2.05) is 28.2 Å². The van der Waals surface area contributed by atoms with E-state index in [-0.39, 0.29) is 0 Å². The van der Waals surface area contributed by atoms with Crippen LogP contribution in [-0.2, 0) is 13.1 Å². The van der Waals surface area contributed by atoms with Gasteiger partial charge in [0.25, 0.3) is 0 Å². The lowest BCUT2D eigenvalue weighted by atomic mass is 10.6. The van der Waals surface area contributed by atoms with Crippen molar-refractivity contribution in [2.24, 2.45) is 0 Å². The number of aromatic amines is 2. The van der Waals surface area contributed by atoms with Crippen molar-refractivity contribution in [3.63, 3.8) is 0 Å². The molecule has 0 amide bonds. The Morgan fingerprint density at radius 2 is 1.18 bits per heavy atom. The van der Waals surface area contributed by atoms with E-state index in [0.29, 0.717) is 9.54 Å². The third-order valence-electron chi connectivity index (χ3n) is 2.61.